The third-order valence-corrected chi connectivity index (χ3v) is 4.65. The van der Waals surface area contributed by atoms with E-state index in [1.54, 1.807) is 19.9 Å². The SMILES string of the molecule is CC(C)(CCNC(=O)c1oc2ccccc2c1COc1ccccc1)C(=O)O. The van der Waals surface area contributed by atoms with Crippen molar-refractivity contribution in [3.63, 3.8) is 0 Å². The summed E-state index contributed by atoms with van der Waals surface area (Å²) in [5.41, 5.74) is 0.347. The van der Waals surface area contributed by atoms with Gasteiger partial charge in [-0.15, -0.1) is 0 Å². The number of hydrogen-bond donors (Lipinski definition) is 2. The molecule has 0 saturated carbocycles. The first-order valence-electron chi connectivity index (χ1n) is 9.08. The molecule has 0 atom stereocenters. The Hall–Kier alpha value is -3.28. The van der Waals surface area contributed by atoms with Crippen LogP contribution in [0, 0.1) is 5.41 Å². The van der Waals surface area contributed by atoms with Gasteiger partial charge in [0.15, 0.2) is 5.76 Å². The summed E-state index contributed by atoms with van der Waals surface area (Å²) in [7, 11) is 0. The molecule has 28 heavy (non-hydrogen) atoms. The van der Waals surface area contributed by atoms with Crippen LogP contribution in [0.2, 0.25) is 0 Å². The summed E-state index contributed by atoms with van der Waals surface area (Å²) >= 11 is 0. The van der Waals surface area contributed by atoms with Crippen LogP contribution in [-0.2, 0) is 11.4 Å². The van der Waals surface area contributed by atoms with E-state index in [1.165, 1.54) is 0 Å². The molecule has 3 aromatic rings. The Morgan fingerprint density at radius 1 is 1.07 bits per heavy atom. The van der Waals surface area contributed by atoms with Crippen molar-refractivity contribution >= 4 is 22.8 Å². The molecule has 0 aliphatic carbocycles. The summed E-state index contributed by atoms with van der Waals surface area (Å²) in [5, 5.41) is 12.8. The van der Waals surface area contributed by atoms with Crippen molar-refractivity contribution in [2.75, 3.05) is 6.54 Å². The zero-order valence-corrected chi connectivity index (χ0v) is 15.9. The topological polar surface area (TPSA) is 88.8 Å². The van der Waals surface area contributed by atoms with E-state index in [-0.39, 0.29) is 24.8 Å². The van der Waals surface area contributed by atoms with Gasteiger partial charge in [0.25, 0.3) is 5.91 Å². The summed E-state index contributed by atoms with van der Waals surface area (Å²) in [5.74, 6) is -0.404. The van der Waals surface area contributed by atoms with E-state index in [0.29, 0.717) is 23.3 Å². The number of para-hydroxylation sites is 2. The fourth-order valence-electron chi connectivity index (χ4n) is 2.77. The Kier molecular flexibility index (Phi) is 5.68. The lowest BCUT2D eigenvalue weighted by molar-refractivity contribution is -0.147. The van der Waals surface area contributed by atoms with Gasteiger partial charge in [0.05, 0.1) is 5.41 Å². The first-order valence-corrected chi connectivity index (χ1v) is 9.08. The Labute approximate surface area is 163 Å². The van der Waals surface area contributed by atoms with Crippen LogP contribution < -0.4 is 10.1 Å². The van der Waals surface area contributed by atoms with Crippen LogP contribution >= 0.6 is 0 Å². The van der Waals surface area contributed by atoms with E-state index in [4.69, 9.17) is 9.15 Å². The maximum atomic E-state index is 12.7. The van der Waals surface area contributed by atoms with Crippen molar-refractivity contribution in [2.24, 2.45) is 5.41 Å². The molecule has 0 aliphatic rings. The van der Waals surface area contributed by atoms with Crippen LogP contribution in [0.1, 0.15) is 36.4 Å². The third kappa shape index (κ3) is 4.34. The number of carbonyl (C=O) groups is 2. The van der Waals surface area contributed by atoms with Crippen LogP contribution in [-0.4, -0.2) is 23.5 Å². The minimum atomic E-state index is -0.916. The molecule has 0 saturated heterocycles. The summed E-state index contributed by atoms with van der Waals surface area (Å²) in [4.78, 5) is 23.9. The highest BCUT2D eigenvalue weighted by Crippen LogP contribution is 2.27. The molecule has 0 fully saturated rings. The van der Waals surface area contributed by atoms with Gasteiger partial charge in [0.2, 0.25) is 0 Å². The van der Waals surface area contributed by atoms with Gasteiger partial charge in [-0.3, -0.25) is 9.59 Å². The van der Waals surface area contributed by atoms with Gasteiger partial charge >= 0.3 is 5.97 Å². The summed E-state index contributed by atoms with van der Waals surface area (Å²) in [6, 6.07) is 16.7. The van der Waals surface area contributed by atoms with Gasteiger partial charge in [-0.2, -0.15) is 0 Å². The number of furan rings is 1. The Bertz CT molecular complexity index is 975. The molecule has 0 bridgehead atoms. The normalized spacial score (nSPS) is 11.4. The lowest BCUT2D eigenvalue weighted by Gasteiger charge is -2.18. The van der Waals surface area contributed by atoms with Gasteiger partial charge in [-0.1, -0.05) is 36.4 Å². The molecule has 2 N–H and O–H groups in total. The smallest absolute Gasteiger partial charge is 0.309 e. The molecule has 0 unspecified atom stereocenters. The number of benzene rings is 2. The van der Waals surface area contributed by atoms with E-state index >= 15 is 0 Å². The maximum absolute atomic E-state index is 12.7. The molecule has 6 nitrogen and oxygen atoms in total. The zero-order valence-electron chi connectivity index (χ0n) is 15.9. The highest BCUT2D eigenvalue weighted by Gasteiger charge is 2.27. The molecule has 2 aromatic carbocycles. The highest BCUT2D eigenvalue weighted by atomic mass is 16.5. The summed E-state index contributed by atoms with van der Waals surface area (Å²) in [6.07, 6.45) is 0.310. The second-order valence-electron chi connectivity index (χ2n) is 7.20. The number of carbonyl (C=O) groups excluding carboxylic acids is 1. The van der Waals surface area contributed by atoms with Crippen LogP contribution in [0.25, 0.3) is 11.0 Å². The van der Waals surface area contributed by atoms with Crippen LogP contribution in [0.5, 0.6) is 5.75 Å². The van der Waals surface area contributed by atoms with Crippen LogP contribution in [0.4, 0.5) is 0 Å². The number of ether oxygens (including phenoxy) is 1. The monoisotopic (exact) mass is 381 g/mol. The van der Waals surface area contributed by atoms with Crippen molar-refractivity contribution in [3.8, 4) is 5.75 Å². The molecule has 0 aliphatic heterocycles. The van der Waals surface area contributed by atoms with E-state index in [1.807, 2.05) is 48.5 Å². The Balaban J connectivity index is 1.78. The zero-order chi connectivity index (χ0) is 20.1. The average molecular weight is 381 g/mol. The number of aliphatic carboxylic acids is 1. The average Bonchev–Trinajstić information content (AvgIpc) is 3.05. The van der Waals surface area contributed by atoms with Gasteiger partial charge in [-0.25, -0.2) is 0 Å². The number of nitrogens with one attached hydrogen (secondary N) is 1. The van der Waals surface area contributed by atoms with Crippen LogP contribution in [0.3, 0.4) is 0 Å². The minimum Gasteiger partial charge on any atom is -0.489 e. The number of hydrogen-bond acceptors (Lipinski definition) is 4. The van der Waals surface area contributed by atoms with Crippen molar-refractivity contribution in [3.05, 3.63) is 65.9 Å². The lowest BCUT2D eigenvalue weighted by atomic mass is 9.90. The second-order valence-corrected chi connectivity index (χ2v) is 7.20. The predicted octanol–water partition coefficient (Wildman–Crippen LogP) is 4.24. The number of amides is 1. The number of carboxylic acids is 1. The number of rotatable bonds is 8. The van der Waals surface area contributed by atoms with Gasteiger partial charge in [0.1, 0.15) is 17.9 Å². The van der Waals surface area contributed by atoms with Gasteiger partial charge in [-0.05, 0) is 38.5 Å². The molecular weight excluding hydrogens is 358 g/mol. The van der Waals surface area contributed by atoms with E-state index in [9.17, 15) is 14.7 Å². The van der Waals surface area contributed by atoms with Crippen molar-refractivity contribution in [1.82, 2.24) is 5.32 Å². The highest BCUT2D eigenvalue weighted by molar-refractivity contribution is 5.99. The summed E-state index contributed by atoms with van der Waals surface area (Å²) < 4.78 is 11.6. The molecule has 1 heterocycles. The molecule has 6 heteroatoms. The van der Waals surface area contributed by atoms with Crippen LogP contribution in [0.15, 0.2) is 59.0 Å². The number of carboxylic acid groups (broad SMARTS) is 1. The molecule has 3 rings (SSSR count). The second kappa shape index (κ2) is 8.17. The van der Waals surface area contributed by atoms with E-state index in [2.05, 4.69) is 5.32 Å². The van der Waals surface area contributed by atoms with E-state index < -0.39 is 11.4 Å². The minimum absolute atomic E-state index is 0.185. The molecule has 0 radical (unpaired) electrons. The Morgan fingerprint density at radius 2 is 1.75 bits per heavy atom. The molecule has 146 valence electrons. The Morgan fingerprint density at radius 3 is 2.46 bits per heavy atom. The fraction of sp³-hybridized carbons (Fsp3) is 0.273. The first-order chi connectivity index (χ1) is 13.4. The fourth-order valence-corrected chi connectivity index (χ4v) is 2.77. The van der Waals surface area contributed by atoms with Crippen molar-refractivity contribution < 1.29 is 23.8 Å². The standard InChI is InChI=1S/C22H23NO5/c1-22(2,21(25)26)12-13-23-20(24)19-17(14-27-15-8-4-3-5-9-15)16-10-6-7-11-18(16)28-19/h3-11H,12-14H2,1-2H3,(H,23,24)(H,25,26). The van der Waals surface area contributed by atoms with Gasteiger partial charge < -0.3 is 19.6 Å². The van der Waals surface area contributed by atoms with Gasteiger partial charge in [0, 0.05) is 17.5 Å². The molecule has 1 amide bonds. The van der Waals surface area contributed by atoms with E-state index in [0.717, 1.165) is 5.39 Å². The largest absolute Gasteiger partial charge is 0.489 e. The molecule has 0 spiro atoms. The van der Waals surface area contributed by atoms with Crippen molar-refractivity contribution in [2.45, 2.75) is 26.9 Å². The molecular formula is C22H23NO5. The third-order valence-electron chi connectivity index (χ3n) is 4.65. The quantitative estimate of drug-likeness (QED) is 0.609. The maximum Gasteiger partial charge on any atom is 0.309 e. The predicted molar refractivity (Wildman–Crippen MR) is 105 cm³/mol. The summed E-state index contributed by atoms with van der Waals surface area (Å²) in [6.45, 7) is 3.67. The molecule has 1 aromatic heterocycles. The lowest BCUT2D eigenvalue weighted by Crippen LogP contribution is -2.32. The number of fused-ring (bicyclic) bond motifs is 1. The first kappa shape index (κ1) is 19.5. The van der Waals surface area contributed by atoms with Crippen molar-refractivity contribution in [1.29, 1.82) is 0 Å².